The predicted molar refractivity (Wildman–Crippen MR) is 26.9 cm³/mol. The Balaban J connectivity index is -0.0000000833. The van der Waals surface area contributed by atoms with Crippen LogP contribution in [0.1, 0.15) is 1.43 Å². The third-order valence-corrected chi connectivity index (χ3v) is 0.406. The van der Waals surface area contributed by atoms with E-state index in [-0.39, 0.29) is 26.2 Å². The number of rotatable bonds is 0. The van der Waals surface area contributed by atoms with Crippen molar-refractivity contribution in [2.75, 3.05) is 0 Å². The van der Waals surface area contributed by atoms with E-state index in [4.69, 9.17) is 0 Å². The molecule has 0 spiro atoms. The number of nitrogens with zero attached hydrogens (tertiary/aromatic N) is 1. The Morgan fingerprint density at radius 3 is 2.43 bits per heavy atom. The first-order valence-electron chi connectivity index (χ1n) is 1.43. The van der Waals surface area contributed by atoms with Crippen LogP contribution in [0.25, 0.3) is 0 Å². The maximum absolute atomic E-state index is 3.67. The molecule has 0 atom stereocenters. The summed E-state index contributed by atoms with van der Waals surface area (Å²) in [5, 5.41) is 0. The molecule has 0 fully saturated rings. The molecule has 0 saturated heterocycles. The van der Waals surface area contributed by atoms with E-state index in [0.717, 1.165) is 0 Å². The van der Waals surface area contributed by atoms with Crippen molar-refractivity contribution in [3.8, 4) is 0 Å². The van der Waals surface area contributed by atoms with Gasteiger partial charge in [-0.15, -0.1) is 12.4 Å². The van der Waals surface area contributed by atoms with Gasteiger partial charge < -0.3 is 17.4 Å². The van der Waals surface area contributed by atoms with Crippen LogP contribution in [0.4, 0.5) is 0 Å². The average molecular weight is 141 g/mol. The summed E-state index contributed by atoms with van der Waals surface area (Å²) >= 11 is 0. The first-order chi connectivity index (χ1) is 2.50. The van der Waals surface area contributed by atoms with Crippen molar-refractivity contribution >= 4 is 12.4 Å². The maximum Gasteiger partial charge on any atom is 1.00 e. The molecule has 0 saturated carbocycles. The van der Waals surface area contributed by atoms with E-state index in [2.05, 4.69) is 9.97 Å². The van der Waals surface area contributed by atoms with Gasteiger partial charge >= 0.3 is 1.43 Å². The van der Waals surface area contributed by atoms with E-state index in [1.807, 2.05) is 0 Å². The third kappa shape index (κ3) is 3.62. The number of hydrogen-bond donors (Lipinski definition) is 1. The molecule has 7 heavy (non-hydrogen) atoms. The summed E-state index contributed by atoms with van der Waals surface area (Å²) in [5.74, 6) is 0. The van der Waals surface area contributed by atoms with Crippen molar-refractivity contribution in [2.45, 2.75) is 0 Å². The highest BCUT2D eigenvalue weighted by Crippen LogP contribution is 1.62. The largest absolute Gasteiger partial charge is 1.00 e. The van der Waals surface area contributed by atoms with Crippen molar-refractivity contribution < 1.29 is 13.8 Å². The molecule has 1 aromatic heterocycles. The molecule has 0 aromatic carbocycles. The molecular formula is C3H6Cl2N2. The Kier molecular flexibility index (Phi) is 8.21. The second kappa shape index (κ2) is 5.79. The third-order valence-electron chi connectivity index (χ3n) is 0.406. The van der Waals surface area contributed by atoms with E-state index in [0.29, 0.717) is 0 Å². The van der Waals surface area contributed by atoms with Gasteiger partial charge in [-0.3, -0.25) is 0 Å². The first-order valence-corrected chi connectivity index (χ1v) is 1.43. The highest BCUT2D eigenvalue weighted by Gasteiger charge is 1.56. The Morgan fingerprint density at radius 1 is 1.57 bits per heavy atom. The van der Waals surface area contributed by atoms with Crippen molar-refractivity contribution in [3.05, 3.63) is 18.7 Å². The summed E-state index contributed by atoms with van der Waals surface area (Å²) in [6.45, 7) is 0. The molecule has 0 aliphatic carbocycles. The Hall–Kier alpha value is -0.210. The fraction of sp³-hybridized carbons (Fsp3) is 0. The number of aromatic amines is 1. The van der Waals surface area contributed by atoms with Crippen LogP contribution in [0, 0.1) is 0 Å². The highest BCUT2D eigenvalue weighted by atomic mass is 35.5. The molecule has 1 N–H and O–H groups in total. The molecule has 0 aliphatic rings. The number of hydrogen-bond acceptors (Lipinski definition) is 1. The Morgan fingerprint density at radius 2 is 2.29 bits per heavy atom. The Labute approximate surface area is 55.7 Å². The van der Waals surface area contributed by atoms with Gasteiger partial charge in [-0.1, -0.05) is 0 Å². The number of aromatic nitrogens is 2. The average Bonchev–Trinajstić information content (AvgIpc) is 1.76. The van der Waals surface area contributed by atoms with Crippen LogP contribution in [0.2, 0.25) is 0 Å². The van der Waals surface area contributed by atoms with Gasteiger partial charge in [0.05, 0.1) is 6.33 Å². The van der Waals surface area contributed by atoms with E-state index in [1.54, 1.807) is 18.7 Å². The van der Waals surface area contributed by atoms with Crippen molar-refractivity contribution in [1.82, 2.24) is 9.97 Å². The predicted octanol–water partition coefficient (Wildman–Crippen LogP) is -2.05. The summed E-state index contributed by atoms with van der Waals surface area (Å²) in [7, 11) is 0. The van der Waals surface area contributed by atoms with Crippen molar-refractivity contribution in [3.63, 3.8) is 0 Å². The van der Waals surface area contributed by atoms with Gasteiger partial charge in [0, 0.05) is 12.4 Å². The van der Waals surface area contributed by atoms with Gasteiger partial charge in [-0.05, 0) is 0 Å². The molecule has 0 unspecified atom stereocenters. The normalized spacial score (nSPS) is 5.71. The minimum atomic E-state index is 0. The van der Waals surface area contributed by atoms with Gasteiger partial charge in [0.25, 0.3) is 0 Å². The van der Waals surface area contributed by atoms with E-state index in [1.165, 1.54) is 0 Å². The van der Waals surface area contributed by atoms with Crippen molar-refractivity contribution in [2.24, 2.45) is 0 Å². The standard InChI is InChI=1S/C3H4N2.2ClH/c1-2-5-3-4-1;;/h1-3H,(H,4,5);2*1H. The second-order valence-corrected chi connectivity index (χ2v) is 0.761. The van der Waals surface area contributed by atoms with Gasteiger partial charge in [-0.2, -0.15) is 0 Å². The summed E-state index contributed by atoms with van der Waals surface area (Å²) in [6, 6.07) is 0. The van der Waals surface area contributed by atoms with E-state index in [9.17, 15) is 0 Å². The van der Waals surface area contributed by atoms with E-state index < -0.39 is 0 Å². The van der Waals surface area contributed by atoms with Crippen LogP contribution in [0.15, 0.2) is 18.7 Å². The maximum atomic E-state index is 3.67. The SMILES string of the molecule is Cl.[Cl-].[H+].c1c[nH]cn1. The Bertz CT molecular complexity index is 71.8. The summed E-state index contributed by atoms with van der Waals surface area (Å²) in [6.07, 6.45) is 5.08. The summed E-state index contributed by atoms with van der Waals surface area (Å²) in [4.78, 5) is 6.42. The number of imidazole rings is 1. The van der Waals surface area contributed by atoms with Gasteiger partial charge in [0.2, 0.25) is 0 Å². The molecule has 0 aliphatic heterocycles. The minimum Gasteiger partial charge on any atom is -1.00 e. The van der Waals surface area contributed by atoms with Gasteiger partial charge in [0.15, 0.2) is 0 Å². The molecule has 4 heteroatoms. The van der Waals surface area contributed by atoms with Gasteiger partial charge in [0.1, 0.15) is 0 Å². The van der Waals surface area contributed by atoms with Crippen LogP contribution in [0.3, 0.4) is 0 Å². The molecule has 2 nitrogen and oxygen atoms in total. The lowest BCUT2D eigenvalue weighted by atomic mass is 11.0. The molecule has 1 rings (SSSR count). The zero-order valence-electron chi connectivity index (χ0n) is 4.47. The molecule has 0 radical (unpaired) electrons. The molecule has 42 valence electrons. The zero-order chi connectivity index (χ0) is 3.54. The molecular weight excluding hydrogens is 135 g/mol. The lowest BCUT2D eigenvalue weighted by Crippen LogP contribution is -3.00. The summed E-state index contributed by atoms with van der Waals surface area (Å²) < 4.78 is 0. The van der Waals surface area contributed by atoms with Crippen LogP contribution in [-0.2, 0) is 0 Å². The summed E-state index contributed by atoms with van der Waals surface area (Å²) in [5.41, 5.74) is 0. The lowest BCUT2D eigenvalue weighted by Gasteiger charge is -1.46. The molecule has 0 bridgehead atoms. The monoisotopic (exact) mass is 140 g/mol. The quantitative estimate of drug-likeness (QED) is 0.442. The number of nitrogens with one attached hydrogen (secondary N) is 1. The lowest BCUT2D eigenvalue weighted by molar-refractivity contribution is -0.00000133. The fourth-order valence-corrected chi connectivity index (χ4v) is 0.215. The molecule has 0 amide bonds. The van der Waals surface area contributed by atoms with Crippen LogP contribution in [-0.4, -0.2) is 9.97 Å². The van der Waals surface area contributed by atoms with Crippen LogP contribution >= 0.6 is 12.4 Å². The molecule has 1 aromatic rings. The number of H-pyrrole nitrogens is 1. The first kappa shape index (κ1) is 9.92. The molecule has 1 heterocycles. The zero-order valence-corrected chi connectivity index (χ0v) is 5.04. The second-order valence-electron chi connectivity index (χ2n) is 0.761. The van der Waals surface area contributed by atoms with Crippen LogP contribution in [0.5, 0.6) is 0 Å². The van der Waals surface area contributed by atoms with Crippen LogP contribution < -0.4 is 12.4 Å². The topological polar surface area (TPSA) is 28.7 Å². The smallest absolute Gasteiger partial charge is 1.00 e. The van der Waals surface area contributed by atoms with Crippen molar-refractivity contribution in [1.29, 1.82) is 0 Å². The minimum absolute atomic E-state index is 0. The van der Waals surface area contributed by atoms with Gasteiger partial charge in [-0.25, -0.2) is 4.98 Å². The number of halogens is 2. The highest BCUT2D eigenvalue weighted by molar-refractivity contribution is 5.85. The fourth-order valence-electron chi connectivity index (χ4n) is 0.215. The van der Waals surface area contributed by atoms with E-state index >= 15 is 0 Å².